The summed E-state index contributed by atoms with van der Waals surface area (Å²) in [5.74, 6) is -0.0373. The number of carbonyl (C=O) groups excluding carboxylic acids is 1. The first-order chi connectivity index (χ1) is 8.02. The second-order valence-corrected chi connectivity index (χ2v) is 4.74. The van der Waals surface area contributed by atoms with Crippen LogP contribution in [0.5, 0.6) is 0 Å². The van der Waals surface area contributed by atoms with Crippen molar-refractivity contribution in [1.82, 2.24) is 5.32 Å². The maximum absolute atomic E-state index is 11.7. The first-order valence-corrected chi connectivity index (χ1v) is 5.62. The van der Waals surface area contributed by atoms with Crippen molar-refractivity contribution in [2.24, 2.45) is 0 Å². The summed E-state index contributed by atoms with van der Waals surface area (Å²) in [6, 6.07) is 7.84. The van der Waals surface area contributed by atoms with E-state index in [1.165, 1.54) is 0 Å². The van der Waals surface area contributed by atoms with Crippen molar-refractivity contribution in [2.45, 2.75) is 25.8 Å². The molecule has 0 bridgehead atoms. The summed E-state index contributed by atoms with van der Waals surface area (Å²) in [5, 5.41) is 14.9. The molecular formula is C13H15N3O. The van der Waals surface area contributed by atoms with Gasteiger partial charge in [0.2, 0.25) is 0 Å². The Balaban J connectivity index is 2.31. The van der Waals surface area contributed by atoms with E-state index in [9.17, 15) is 4.79 Å². The molecule has 0 fully saturated rings. The molecule has 2 rings (SSSR count). The van der Waals surface area contributed by atoms with Gasteiger partial charge in [-0.25, -0.2) is 0 Å². The minimum Gasteiger partial charge on any atom is -0.368 e. The normalized spacial score (nSPS) is 14.5. The Labute approximate surface area is 101 Å². The number of benzene rings is 1. The molecule has 0 aliphatic carbocycles. The largest absolute Gasteiger partial charge is 0.368 e. The molecular weight excluding hydrogens is 214 g/mol. The van der Waals surface area contributed by atoms with Gasteiger partial charge >= 0.3 is 0 Å². The second kappa shape index (κ2) is 4.10. The summed E-state index contributed by atoms with van der Waals surface area (Å²) < 4.78 is 0. The van der Waals surface area contributed by atoms with Gasteiger partial charge in [0.1, 0.15) is 5.54 Å². The van der Waals surface area contributed by atoms with Crippen molar-refractivity contribution in [1.29, 1.82) is 5.26 Å². The molecule has 1 aliphatic rings. The van der Waals surface area contributed by atoms with Gasteiger partial charge < -0.3 is 10.6 Å². The molecule has 0 unspecified atom stereocenters. The van der Waals surface area contributed by atoms with E-state index in [-0.39, 0.29) is 5.91 Å². The maximum Gasteiger partial charge on any atom is 0.251 e. The molecule has 1 aromatic rings. The van der Waals surface area contributed by atoms with Crippen LogP contribution < -0.4 is 10.6 Å². The Morgan fingerprint density at radius 2 is 2.24 bits per heavy atom. The third kappa shape index (κ3) is 2.39. The Hall–Kier alpha value is -2.02. The van der Waals surface area contributed by atoms with E-state index >= 15 is 0 Å². The zero-order valence-corrected chi connectivity index (χ0v) is 10.0. The van der Waals surface area contributed by atoms with Crippen molar-refractivity contribution < 1.29 is 4.79 Å². The van der Waals surface area contributed by atoms with Crippen LogP contribution in [0.4, 0.5) is 5.69 Å². The van der Waals surface area contributed by atoms with Gasteiger partial charge in [-0.1, -0.05) is 6.07 Å². The number of fused-ring (bicyclic) bond motifs is 1. The smallest absolute Gasteiger partial charge is 0.251 e. The van der Waals surface area contributed by atoms with Gasteiger partial charge in [-0.15, -0.1) is 0 Å². The van der Waals surface area contributed by atoms with Gasteiger partial charge in [-0.3, -0.25) is 4.79 Å². The Morgan fingerprint density at radius 3 is 2.94 bits per heavy atom. The molecule has 1 amide bonds. The second-order valence-electron chi connectivity index (χ2n) is 4.74. The highest BCUT2D eigenvalue weighted by Crippen LogP contribution is 2.21. The maximum atomic E-state index is 11.7. The van der Waals surface area contributed by atoms with Gasteiger partial charge in [-0.2, -0.15) is 5.26 Å². The van der Waals surface area contributed by atoms with E-state index in [1.807, 2.05) is 18.2 Å². The van der Waals surface area contributed by atoms with Crippen LogP contribution in [0.25, 0.3) is 0 Å². The number of hydrogen-bond donors (Lipinski definition) is 2. The Bertz CT molecular complexity index is 500. The van der Waals surface area contributed by atoms with Gasteiger partial charge in [0.05, 0.1) is 6.07 Å². The highest BCUT2D eigenvalue weighted by Gasteiger charge is 2.19. The number of nitriles is 1. The summed E-state index contributed by atoms with van der Waals surface area (Å²) in [6.07, 6.45) is 0.864. The lowest BCUT2D eigenvalue weighted by atomic mass is 9.99. The molecule has 0 aromatic heterocycles. The van der Waals surface area contributed by atoms with E-state index in [0.717, 1.165) is 17.7 Å². The average Bonchev–Trinajstić information content (AvgIpc) is 2.30. The Morgan fingerprint density at radius 1 is 1.47 bits per heavy atom. The fourth-order valence-corrected chi connectivity index (χ4v) is 1.88. The lowest BCUT2D eigenvalue weighted by Crippen LogP contribution is -2.32. The fraction of sp³-hybridized carbons (Fsp3) is 0.385. The SMILES string of the molecule is CC(C)(C#N)Nc1ccc2c(c1)C(=O)NCC2. The minimum absolute atomic E-state index is 0.0373. The molecule has 0 saturated carbocycles. The molecule has 4 nitrogen and oxygen atoms in total. The zero-order valence-electron chi connectivity index (χ0n) is 10.0. The number of nitrogens with zero attached hydrogens (tertiary/aromatic N) is 1. The van der Waals surface area contributed by atoms with Gasteiger partial charge in [-0.05, 0) is 38.0 Å². The fourth-order valence-electron chi connectivity index (χ4n) is 1.88. The molecule has 4 heteroatoms. The predicted octanol–water partition coefficient (Wildman–Crippen LogP) is 1.69. The summed E-state index contributed by atoms with van der Waals surface area (Å²) in [7, 11) is 0. The molecule has 88 valence electrons. The van der Waals surface area contributed by atoms with Crippen molar-refractivity contribution in [3.8, 4) is 6.07 Å². The van der Waals surface area contributed by atoms with Crippen molar-refractivity contribution in [3.05, 3.63) is 29.3 Å². The molecule has 17 heavy (non-hydrogen) atoms. The van der Waals surface area contributed by atoms with Crippen LogP contribution in [0.1, 0.15) is 29.8 Å². The molecule has 1 aromatic carbocycles. The molecule has 1 aliphatic heterocycles. The molecule has 0 saturated heterocycles. The molecule has 0 spiro atoms. The van der Waals surface area contributed by atoms with Gasteiger partial charge in [0.15, 0.2) is 0 Å². The lowest BCUT2D eigenvalue weighted by molar-refractivity contribution is 0.0946. The standard InChI is InChI=1S/C13H15N3O/c1-13(2,8-14)16-10-4-3-9-5-6-15-12(17)11(9)7-10/h3-4,7,16H,5-6H2,1-2H3,(H,15,17). The Kier molecular flexibility index (Phi) is 2.76. The average molecular weight is 229 g/mol. The first-order valence-electron chi connectivity index (χ1n) is 5.62. The van der Waals surface area contributed by atoms with Gasteiger partial charge in [0.25, 0.3) is 5.91 Å². The van der Waals surface area contributed by atoms with Crippen LogP contribution in [0.15, 0.2) is 18.2 Å². The molecule has 1 heterocycles. The highest BCUT2D eigenvalue weighted by molar-refractivity contribution is 5.97. The minimum atomic E-state index is -0.640. The summed E-state index contributed by atoms with van der Waals surface area (Å²) in [5.41, 5.74) is 1.93. The molecule has 0 radical (unpaired) electrons. The van der Waals surface area contributed by atoms with Gasteiger partial charge in [0, 0.05) is 17.8 Å². The molecule has 0 atom stereocenters. The topological polar surface area (TPSA) is 64.9 Å². The zero-order chi connectivity index (χ0) is 12.5. The summed E-state index contributed by atoms with van der Waals surface area (Å²) >= 11 is 0. The number of rotatable bonds is 2. The van der Waals surface area contributed by atoms with Crippen LogP contribution in [0.2, 0.25) is 0 Å². The van der Waals surface area contributed by atoms with Crippen molar-refractivity contribution in [3.63, 3.8) is 0 Å². The first kappa shape index (κ1) is 11.5. The van der Waals surface area contributed by atoms with Crippen LogP contribution >= 0.6 is 0 Å². The number of anilines is 1. The monoisotopic (exact) mass is 229 g/mol. The number of nitrogens with one attached hydrogen (secondary N) is 2. The lowest BCUT2D eigenvalue weighted by Gasteiger charge is -2.22. The molecule has 2 N–H and O–H groups in total. The summed E-state index contributed by atoms with van der Waals surface area (Å²) in [4.78, 5) is 11.7. The van der Waals surface area contributed by atoms with E-state index in [0.29, 0.717) is 12.1 Å². The third-order valence-electron chi connectivity index (χ3n) is 2.77. The number of hydrogen-bond acceptors (Lipinski definition) is 3. The number of amides is 1. The van der Waals surface area contributed by atoms with Crippen molar-refractivity contribution >= 4 is 11.6 Å². The van der Waals surface area contributed by atoms with Crippen LogP contribution in [-0.4, -0.2) is 18.0 Å². The third-order valence-corrected chi connectivity index (χ3v) is 2.77. The van der Waals surface area contributed by atoms with Crippen LogP contribution in [0.3, 0.4) is 0 Å². The number of carbonyl (C=O) groups is 1. The van der Waals surface area contributed by atoms with Crippen LogP contribution in [-0.2, 0) is 6.42 Å². The van der Waals surface area contributed by atoms with E-state index in [2.05, 4.69) is 16.7 Å². The van der Waals surface area contributed by atoms with Crippen molar-refractivity contribution in [2.75, 3.05) is 11.9 Å². The van der Waals surface area contributed by atoms with E-state index in [4.69, 9.17) is 5.26 Å². The highest BCUT2D eigenvalue weighted by atomic mass is 16.1. The van der Waals surface area contributed by atoms with E-state index in [1.54, 1.807) is 13.8 Å². The van der Waals surface area contributed by atoms with E-state index < -0.39 is 5.54 Å². The summed E-state index contributed by atoms with van der Waals surface area (Å²) in [6.45, 7) is 4.29. The van der Waals surface area contributed by atoms with Crippen LogP contribution in [0, 0.1) is 11.3 Å². The predicted molar refractivity (Wildman–Crippen MR) is 65.8 cm³/mol. The quantitative estimate of drug-likeness (QED) is 0.811.